The van der Waals surface area contributed by atoms with Crippen LogP contribution in [0.1, 0.15) is 11.3 Å². The van der Waals surface area contributed by atoms with Crippen LogP contribution in [0.5, 0.6) is 5.75 Å². The molecular formula is C17H17N5O2. The van der Waals surface area contributed by atoms with Crippen LogP contribution in [0.15, 0.2) is 55.0 Å². The topological polar surface area (TPSA) is 81.9 Å². The summed E-state index contributed by atoms with van der Waals surface area (Å²) in [6.07, 6.45) is 4.92. The number of carbonyl (C=O) groups excluding carboxylic acids is 1. The van der Waals surface area contributed by atoms with E-state index < -0.39 is 0 Å². The lowest BCUT2D eigenvalue weighted by Gasteiger charge is -2.04. The van der Waals surface area contributed by atoms with Gasteiger partial charge in [-0.3, -0.25) is 9.78 Å². The summed E-state index contributed by atoms with van der Waals surface area (Å²) in [4.78, 5) is 15.9. The van der Waals surface area contributed by atoms with E-state index in [0.717, 1.165) is 11.3 Å². The SMILES string of the molecule is Cc1cccc(OCc2cn(CC(=O)Nc3cccnc3)nn2)c1. The molecule has 0 aliphatic rings. The Bertz CT molecular complexity index is 817. The molecule has 0 spiro atoms. The van der Waals surface area contributed by atoms with E-state index in [1.165, 1.54) is 4.68 Å². The highest BCUT2D eigenvalue weighted by Crippen LogP contribution is 2.13. The number of rotatable bonds is 6. The molecule has 0 aliphatic heterocycles. The fourth-order valence-electron chi connectivity index (χ4n) is 2.13. The van der Waals surface area contributed by atoms with Crippen molar-refractivity contribution in [3.8, 4) is 5.75 Å². The molecule has 0 bridgehead atoms. The van der Waals surface area contributed by atoms with E-state index in [1.807, 2.05) is 31.2 Å². The molecule has 0 atom stereocenters. The van der Waals surface area contributed by atoms with Crippen LogP contribution in [0.3, 0.4) is 0 Å². The van der Waals surface area contributed by atoms with Gasteiger partial charge in [0.1, 0.15) is 24.6 Å². The summed E-state index contributed by atoms with van der Waals surface area (Å²) in [6.45, 7) is 2.38. The average Bonchev–Trinajstić information content (AvgIpc) is 3.01. The molecule has 2 heterocycles. The molecule has 1 amide bonds. The second-order valence-corrected chi connectivity index (χ2v) is 5.30. The van der Waals surface area contributed by atoms with Crippen molar-refractivity contribution in [3.63, 3.8) is 0 Å². The van der Waals surface area contributed by atoms with E-state index in [4.69, 9.17) is 4.74 Å². The van der Waals surface area contributed by atoms with Crippen molar-refractivity contribution in [1.82, 2.24) is 20.0 Å². The van der Waals surface area contributed by atoms with Crippen molar-refractivity contribution in [2.75, 3.05) is 5.32 Å². The first kappa shape index (κ1) is 15.7. The molecular weight excluding hydrogens is 306 g/mol. The second kappa shape index (κ2) is 7.36. The highest BCUT2D eigenvalue weighted by molar-refractivity contribution is 5.90. The first-order chi connectivity index (χ1) is 11.7. The van der Waals surface area contributed by atoms with Gasteiger partial charge in [0, 0.05) is 6.20 Å². The van der Waals surface area contributed by atoms with Crippen LogP contribution in [0.25, 0.3) is 0 Å². The summed E-state index contributed by atoms with van der Waals surface area (Å²) in [7, 11) is 0. The quantitative estimate of drug-likeness (QED) is 0.752. The number of benzene rings is 1. The van der Waals surface area contributed by atoms with Crippen LogP contribution >= 0.6 is 0 Å². The number of hydrogen-bond donors (Lipinski definition) is 1. The molecule has 0 saturated carbocycles. The third-order valence-electron chi connectivity index (χ3n) is 3.21. The number of nitrogens with one attached hydrogen (secondary N) is 1. The zero-order valence-electron chi connectivity index (χ0n) is 13.2. The number of anilines is 1. The second-order valence-electron chi connectivity index (χ2n) is 5.30. The predicted molar refractivity (Wildman–Crippen MR) is 88.4 cm³/mol. The molecule has 0 saturated heterocycles. The Labute approximate surface area is 139 Å². The number of ether oxygens (including phenoxy) is 1. The summed E-state index contributed by atoms with van der Waals surface area (Å²) >= 11 is 0. The summed E-state index contributed by atoms with van der Waals surface area (Å²) in [5.41, 5.74) is 2.43. The fourth-order valence-corrected chi connectivity index (χ4v) is 2.13. The summed E-state index contributed by atoms with van der Waals surface area (Å²) in [5.74, 6) is 0.581. The van der Waals surface area contributed by atoms with Gasteiger partial charge in [0.05, 0.1) is 18.1 Å². The van der Waals surface area contributed by atoms with Crippen molar-refractivity contribution in [2.45, 2.75) is 20.1 Å². The molecule has 24 heavy (non-hydrogen) atoms. The van der Waals surface area contributed by atoms with Gasteiger partial charge in [-0.1, -0.05) is 17.3 Å². The van der Waals surface area contributed by atoms with Crippen LogP contribution in [0.2, 0.25) is 0 Å². The van der Waals surface area contributed by atoms with Crippen molar-refractivity contribution in [2.24, 2.45) is 0 Å². The fraction of sp³-hybridized carbons (Fsp3) is 0.176. The zero-order chi connectivity index (χ0) is 16.8. The number of hydrogen-bond acceptors (Lipinski definition) is 5. The molecule has 0 fully saturated rings. The molecule has 1 aromatic carbocycles. The van der Waals surface area contributed by atoms with Crippen LogP contribution in [0.4, 0.5) is 5.69 Å². The molecule has 0 radical (unpaired) electrons. The van der Waals surface area contributed by atoms with Crippen LogP contribution < -0.4 is 10.1 Å². The van der Waals surface area contributed by atoms with Gasteiger partial charge < -0.3 is 10.1 Å². The van der Waals surface area contributed by atoms with E-state index in [1.54, 1.807) is 30.7 Å². The van der Waals surface area contributed by atoms with Gasteiger partial charge in [0.2, 0.25) is 5.91 Å². The van der Waals surface area contributed by atoms with Gasteiger partial charge in [-0.2, -0.15) is 0 Å². The van der Waals surface area contributed by atoms with Gasteiger partial charge in [0.25, 0.3) is 0 Å². The van der Waals surface area contributed by atoms with Gasteiger partial charge >= 0.3 is 0 Å². The van der Waals surface area contributed by atoms with Gasteiger partial charge in [-0.25, -0.2) is 4.68 Å². The molecule has 7 nitrogen and oxygen atoms in total. The van der Waals surface area contributed by atoms with Gasteiger partial charge in [0.15, 0.2) is 0 Å². The minimum atomic E-state index is -0.195. The Morgan fingerprint density at radius 2 is 2.21 bits per heavy atom. The molecule has 1 N–H and O–H groups in total. The van der Waals surface area contributed by atoms with E-state index in [0.29, 0.717) is 18.0 Å². The standard InChI is InChI=1S/C17H17N5O2/c1-13-4-2-6-16(8-13)24-12-15-10-22(21-20-15)11-17(23)19-14-5-3-7-18-9-14/h2-10H,11-12H2,1H3,(H,19,23). The van der Waals surface area contributed by atoms with Crippen LogP contribution in [-0.4, -0.2) is 25.9 Å². The number of amides is 1. The maximum atomic E-state index is 11.9. The lowest BCUT2D eigenvalue weighted by Crippen LogP contribution is -2.19. The molecule has 0 unspecified atom stereocenters. The number of nitrogens with zero attached hydrogens (tertiary/aromatic N) is 4. The molecule has 3 aromatic rings. The van der Waals surface area contributed by atoms with E-state index in [9.17, 15) is 4.79 Å². The zero-order valence-corrected chi connectivity index (χ0v) is 13.2. The first-order valence-corrected chi connectivity index (χ1v) is 7.47. The highest BCUT2D eigenvalue weighted by atomic mass is 16.5. The number of aryl methyl sites for hydroxylation is 1. The van der Waals surface area contributed by atoms with Crippen molar-refractivity contribution in [1.29, 1.82) is 0 Å². The Balaban J connectivity index is 1.52. The number of aromatic nitrogens is 4. The van der Waals surface area contributed by atoms with Gasteiger partial charge in [-0.05, 0) is 36.8 Å². The Kier molecular flexibility index (Phi) is 4.81. The van der Waals surface area contributed by atoms with Crippen molar-refractivity contribution >= 4 is 11.6 Å². The summed E-state index contributed by atoms with van der Waals surface area (Å²) in [5, 5.41) is 10.7. The monoisotopic (exact) mass is 323 g/mol. The summed E-state index contributed by atoms with van der Waals surface area (Å²) < 4.78 is 7.14. The largest absolute Gasteiger partial charge is 0.487 e. The minimum absolute atomic E-state index is 0.0757. The normalized spacial score (nSPS) is 10.4. The Hall–Kier alpha value is -3.22. The minimum Gasteiger partial charge on any atom is -0.487 e. The van der Waals surface area contributed by atoms with Crippen molar-refractivity contribution in [3.05, 3.63) is 66.2 Å². The molecule has 7 heteroatoms. The Morgan fingerprint density at radius 3 is 3.00 bits per heavy atom. The smallest absolute Gasteiger partial charge is 0.246 e. The molecule has 3 rings (SSSR count). The van der Waals surface area contributed by atoms with Crippen LogP contribution in [0, 0.1) is 6.92 Å². The summed E-state index contributed by atoms with van der Waals surface area (Å²) in [6, 6.07) is 11.3. The molecule has 122 valence electrons. The van der Waals surface area contributed by atoms with E-state index >= 15 is 0 Å². The molecule has 0 aliphatic carbocycles. The first-order valence-electron chi connectivity index (χ1n) is 7.47. The lowest BCUT2D eigenvalue weighted by molar-refractivity contribution is -0.116. The lowest BCUT2D eigenvalue weighted by atomic mass is 10.2. The number of carbonyl (C=O) groups is 1. The maximum absolute atomic E-state index is 11.9. The van der Waals surface area contributed by atoms with Crippen molar-refractivity contribution < 1.29 is 9.53 Å². The van der Waals surface area contributed by atoms with Gasteiger partial charge in [-0.15, -0.1) is 5.10 Å². The Morgan fingerprint density at radius 1 is 1.29 bits per heavy atom. The number of pyridine rings is 1. The third-order valence-corrected chi connectivity index (χ3v) is 3.21. The van der Waals surface area contributed by atoms with E-state index in [-0.39, 0.29) is 12.5 Å². The average molecular weight is 323 g/mol. The third kappa shape index (κ3) is 4.39. The predicted octanol–water partition coefficient (Wildman–Crippen LogP) is 2.20. The molecule has 2 aromatic heterocycles. The highest BCUT2D eigenvalue weighted by Gasteiger charge is 2.07. The maximum Gasteiger partial charge on any atom is 0.246 e. The van der Waals surface area contributed by atoms with Crippen LogP contribution in [-0.2, 0) is 17.9 Å². The van der Waals surface area contributed by atoms with E-state index in [2.05, 4.69) is 20.6 Å².